The number of ether oxygens (including phenoxy) is 2. The van der Waals surface area contributed by atoms with E-state index in [1.807, 2.05) is 30.0 Å². The van der Waals surface area contributed by atoms with Crippen molar-refractivity contribution < 1.29 is 9.47 Å². The third-order valence-corrected chi connectivity index (χ3v) is 4.46. The summed E-state index contributed by atoms with van der Waals surface area (Å²) in [6.07, 6.45) is 3.05. The first-order valence-electron chi connectivity index (χ1n) is 6.49. The molecular formula is C14H17N3O2S. The Labute approximate surface area is 121 Å². The number of hydrogen-bond donors (Lipinski definition) is 2. The lowest BCUT2D eigenvalue weighted by Crippen LogP contribution is -2.15. The molecule has 1 aliphatic rings. The molecule has 2 aromatic rings. The van der Waals surface area contributed by atoms with E-state index in [0.717, 1.165) is 40.6 Å². The average molecular weight is 291 g/mol. The van der Waals surface area contributed by atoms with E-state index in [2.05, 4.69) is 10.2 Å². The van der Waals surface area contributed by atoms with Gasteiger partial charge in [0.25, 0.3) is 0 Å². The maximum Gasteiger partial charge on any atom is 0.162 e. The number of nitrogens with zero attached hydrogens (tertiary/aromatic N) is 1. The molecule has 1 aromatic heterocycles. The van der Waals surface area contributed by atoms with Gasteiger partial charge in [-0.15, -0.1) is 0 Å². The summed E-state index contributed by atoms with van der Waals surface area (Å²) in [6, 6.07) is 5.82. The van der Waals surface area contributed by atoms with Crippen LogP contribution < -0.4 is 15.2 Å². The number of aromatic nitrogens is 2. The van der Waals surface area contributed by atoms with Crippen molar-refractivity contribution in [1.82, 2.24) is 10.2 Å². The number of methoxy groups -OCH3 is 1. The van der Waals surface area contributed by atoms with Crippen molar-refractivity contribution in [1.29, 1.82) is 0 Å². The predicted molar refractivity (Wildman–Crippen MR) is 81.3 cm³/mol. The highest BCUT2D eigenvalue weighted by Crippen LogP contribution is 2.36. The smallest absolute Gasteiger partial charge is 0.162 e. The summed E-state index contributed by atoms with van der Waals surface area (Å²) in [7, 11) is 1.65. The van der Waals surface area contributed by atoms with Crippen LogP contribution in [0, 0.1) is 0 Å². The van der Waals surface area contributed by atoms with Crippen molar-refractivity contribution in [2.24, 2.45) is 0 Å². The van der Waals surface area contributed by atoms with Gasteiger partial charge in [0.1, 0.15) is 11.9 Å². The summed E-state index contributed by atoms with van der Waals surface area (Å²) in [5.74, 6) is 4.24. The zero-order chi connectivity index (χ0) is 13.9. The van der Waals surface area contributed by atoms with Crippen LogP contribution >= 0.6 is 11.8 Å². The zero-order valence-electron chi connectivity index (χ0n) is 11.3. The van der Waals surface area contributed by atoms with E-state index < -0.39 is 0 Å². The number of nitrogen functional groups attached to an aromatic ring is 1. The maximum absolute atomic E-state index is 6.06. The summed E-state index contributed by atoms with van der Waals surface area (Å²) >= 11 is 1.92. The molecule has 0 bridgehead atoms. The minimum Gasteiger partial charge on any atom is -0.493 e. The van der Waals surface area contributed by atoms with E-state index >= 15 is 0 Å². The number of nitrogens with one attached hydrogen (secondary N) is 1. The molecule has 2 heterocycles. The Hall–Kier alpha value is -1.82. The minimum absolute atomic E-state index is 0.255. The third-order valence-electron chi connectivity index (χ3n) is 3.32. The largest absolute Gasteiger partial charge is 0.493 e. The van der Waals surface area contributed by atoms with Crippen molar-refractivity contribution in [3.63, 3.8) is 0 Å². The topological polar surface area (TPSA) is 73.2 Å². The first kappa shape index (κ1) is 13.2. The minimum atomic E-state index is 0.255. The highest BCUT2D eigenvalue weighted by atomic mass is 32.2. The van der Waals surface area contributed by atoms with Gasteiger partial charge < -0.3 is 15.2 Å². The number of nitrogens with two attached hydrogens (primary N) is 1. The van der Waals surface area contributed by atoms with E-state index in [9.17, 15) is 0 Å². The van der Waals surface area contributed by atoms with E-state index in [1.165, 1.54) is 0 Å². The van der Waals surface area contributed by atoms with Gasteiger partial charge >= 0.3 is 0 Å². The van der Waals surface area contributed by atoms with Crippen LogP contribution in [0.3, 0.4) is 0 Å². The molecule has 0 aliphatic carbocycles. The van der Waals surface area contributed by atoms with Gasteiger partial charge in [0.2, 0.25) is 0 Å². The van der Waals surface area contributed by atoms with Gasteiger partial charge in [-0.2, -0.15) is 16.9 Å². The number of thioether (sulfide) groups is 1. The lowest BCUT2D eigenvalue weighted by Gasteiger charge is -2.16. The van der Waals surface area contributed by atoms with Crippen LogP contribution in [0.5, 0.6) is 11.5 Å². The summed E-state index contributed by atoms with van der Waals surface area (Å²) < 4.78 is 11.4. The molecule has 1 aromatic carbocycles. The molecule has 106 valence electrons. The van der Waals surface area contributed by atoms with Gasteiger partial charge in [-0.05, 0) is 29.9 Å². The fourth-order valence-electron chi connectivity index (χ4n) is 2.25. The lowest BCUT2D eigenvalue weighted by molar-refractivity contribution is 0.218. The molecule has 3 rings (SSSR count). The molecule has 1 saturated heterocycles. The molecule has 6 heteroatoms. The molecule has 1 unspecified atom stereocenters. The van der Waals surface area contributed by atoms with Crippen LogP contribution in [0.1, 0.15) is 6.42 Å². The van der Waals surface area contributed by atoms with Gasteiger partial charge in [0.05, 0.1) is 13.3 Å². The second-order valence-corrected chi connectivity index (χ2v) is 5.82. The summed E-state index contributed by atoms with van der Waals surface area (Å²) in [6.45, 7) is 0. The molecule has 1 aliphatic heterocycles. The summed E-state index contributed by atoms with van der Waals surface area (Å²) in [5.41, 5.74) is 7.71. The first-order valence-corrected chi connectivity index (χ1v) is 7.65. The lowest BCUT2D eigenvalue weighted by atomic mass is 10.1. The van der Waals surface area contributed by atoms with Gasteiger partial charge in [0, 0.05) is 11.3 Å². The van der Waals surface area contributed by atoms with Crippen molar-refractivity contribution in [3.05, 3.63) is 24.4 Å². The van der Waals surface area contributed by atoms with E-state index in [0.29, 0.717) is 5.82 Å². The Bertz CT molecular complexity index is 594. The summed E-state index contributed by atoms with van der Waals surface area (Å²) in [4.78, 5) is 0. The number of benzene rings is 1. The average Bonchev–Trinajstić information content (AvgIpc) is 3.10. The number of H-pyrrole nitrogens is 1. The Kier molecular flexibility index (Phi) is 3.73. The quantitative estimate of drug-likeness (QED) is 0.905. The molecule has 5 nitrogen and oxygen atoms in total. The number of anilines is 1. The number of aromatic amines is 1. The SMILES string of the molecule is COc1ccc(-c2cn[nH]c2N)cc1OC1CCSC1. The molecule has 0 radical (unpaired) electrons. The molecule has 1 fully saturated rings. The van der Waals surface area contributed by atoms with E-state index in [1.54, 1.807) is 13.3 Å². The van der Waals surface area contributed by atoms with Crippen LogP contribution in [0.25, 0.3) is 11.1 Å². The Balaban J connectivity index is 1.92. The van der Waals surface area contributed by atoms with Gasteiger partial charge in [-0.25, -0.2) is 0 Å². The van der Waals surface area contributed by atoms with Crippen LogP contribution in [0.15, 0.2) is 24.4 Å². The fraction of sp³-hybridized carbons (Fsp3) is 0.357. The van der Waals surface area contributed by atoms with E-state index in [-0.39, 0.29) is 6.10 Å². The predicted octanol–water partition coefficient (Wildman–Crippen LogP) is 2.55. The molecule has 0 spiro atoms. The Morgan fingerprint density at radius 1 is 1.40 bits per heavy atom. The molecule has 3 N–H and O–H groups in total. The summed E-state index contributed by atoms with van der Waals surface area (Å²) in [5, 5.41) is 6.69. The molecule has 0 amide bonds. The highest BCUT2D eigenvalue weighted by molar-refractivity contribution is 7.99. The standard InChI is InChI=1S/C14H17N3O2S/c1-18-12-3-2-9(11-7-16-17-14(11)15)6-13(12)19-10-4-5-20-8-10/h2-3,6-7,10H,4-5,8H2,1H3,(H3,15,16,17). The third kappa shape index (κ3) is 2.56. The fourth-order valence-corrected chi connectivity index (χ4v) is 3.34. The maximum atomic E-state index is 6.06. The van der Waals surface area contributed by atoms with Crippen LogP contribution in [0.2, 0.25) is 0 Å². The second-order valence-electron chi connectivity index (χ2n) is 4.67. The number of rotatable bonds is 4. The van der Waals surface area contributed by atoms with Crippen molar-refractivity contribution in [3.8, 4) is 22.6 Å². The van der Waals surface area contributed by atoms with Crippen molar-refractivity contribution in [2.45, 2.75) is 12.5 Å². The van der Waals surface area contributed by atoms with Gasteiger partial charge in [-0.3, -0.25) is 5.10 Å². The van der Waals surface area contributed by atoms with Gasteiger partial charge in [0.15, 0.2) is 11.5 Å². The van der Waals surface area contributed by atoms with Crippen molar-refractivity contribution >= 4 is 17.6 Å². The highest BCUT2D eigenvalue weighted by Gasteiger charge is 2.19. The van der Waals surface area contributed by atoms with Crippen LogP contribution in [-0.4, -0.2) is 34.9 Å². The zero-order valence-corrected chi connectivity index (χ0v) is 12.1. The molecule has 20 heavy (non-hydrogen) atoms. The number of hydrogen-bond acceptors (Lipinski definition) is 5. The Morgan fingerprint density at radius 3 is 2.95 bits per heavy atom. The molecule has 0 saturated carbocycles. The van der Waals surface area contributed by atoms with Crippen molar-refractivity contribution in [2.75, 3.05) is 24.3 Å². The van der Waals surface area contributed by atoms with E-state index in [4.69, 9.17) is 15.2 Å². The molecule has 1 atom stereocenters. The molecular weight excluding hydrogens is 274 g/mol. The Morgan fingerprint density at radius 2 is 2.30 bits per heavy atom. The second kappa shape index (κ2) is 5.66. The van der Waals surface area contributed by atoms with Crippen LogP contribution in [-0.2, 0) is 0 Å². The van der Waals surface area contributed by atoms with Crippen LogP contribution in [0.4, 0.5) is 5.82 Å². The van der Waals surface area contributed by atoms with Gasteiger partial charge in [-0.1, -0.05) is 6.07 Å². The first-order chi connectivity index (χ1) is 9.78. The monoisotopic (exact) mass is 291 g/mol. The normalized spacial score (nSPS) is 18.1.